The predicted octanol–water partition coefficient (Wildman–Crippen LogP) is 3.33. The molecule has 110 valence electrons. The van der Waals surface area contributed by atoms with Crippen LogP contribution in [0, 0.1) is 0 Å². The fourth-order valence-corrected chi connectivity index (χ4v) is 2.27. The highest BCUT2D eigenvalue weighted by Crippen LogP contribution is 2.23. The van der Waals surface area contributed by atoms with Gasteiger partial charge in [0.2, 0.25) is 0 Å². The highest BCUT2D eigenvalue weighted by molar-refractivity contribution is 5.96. The van der Waals surface area contributed by atoms with Crippen molar-refractivity contribution in [1.82, 2.24) is 0 Å². The van der Waals surface area contributed by atoms with Crippen molar-refractivity contribution in [3.8, 4) is 11.1 Å². The molecule has 0 spiro atoms. The largest absolute Gasteiger partial charge is 0.388 e. The van der Waals surface area contributed by atoms with Crippen LogP contribution in [-0.4, -0.2) is 17.4 Å². The van der Waals surface area contributed by atoms with Crippen molar-refractivity contribution in [2.75, 3.05) is 6.54 Å². The first-order valence-corrected chi connectivity index (χ1v) is 7.27. The summed E-state index contributed by atoms with van der Waals surface area (Å²) in [6.45, 7) is 2.33. The number of hydrogen-bond acceptors (Lipinski definition) is 3. The summed E-state index contributed by atoms with van der Waals surface area (Å²) in [6, 6.07) is 15.4. The number of ketones is 1. The molecule has 0 saturated heterocycles. The minimum Gasteiger partial charge on any atom is -0.388 e. The Kier molecular flexibility index (Phi) is 5.26. The van der Waals surface area contributed by atoms with Crippen molar-refractivity contribution in [3.05, 3.63) is 59.7 Å². The lowest BCUT2D eigenvalue weighted by molar-refractivity contribution is 0.0988. The number of carbonyl (C=O) groups is 1. The van der Waals surface area contributed by atoms with E-state index in [4.69, 9.17) is 5.73 Å². The molecule has 21 heavy (non-hydrogen) atoms. The molecule has 0 aliphatic rings. The molecule has 0 bridgehead atoms. The van der Waals surface area contributed by atoms with E-state index in [2.05, 4.69) is 0 Å². The minimum absolute atomic E-state index is 0.154. The molecule has 0 heterocycles. The number of rotatable bonds is 6. The molecule has 0 amide bonds. The van der Waals surface area contributed by atoms with Crippen molar-refractivity contribution in [1.29, 1.82) is 0 Å². The third-order valence-corrected chi connectivity index (χ3v) is 3.60. The molecule has 1 atom stereocenters. The fourth-order valence-electron chi connectivity index (χ4n) is 2.27. The summed E-state index contributed by atoms with van der Waals surface area (Å²) in [5, 5.41) is 9.89. The van der Waals surface area contributed by atoms with E-state index < -0.39 is 6.10 Å². The Balaban J connectivity index is 2.17. The van der Waals surface area contributed by atoms with E-state index in [1.807, 2.05) is 55.5 Å². The average molecular weight is 283 g/mol. The lowest BCUT2D eigenvalue weighted by Crippen LogP contribution is -2.06. The van der Waals surface area contributed by atoms with Gasteiger partial charge in [0.05, 0.1) is 6.10 Å². The first-order chi connectivity index (χ1) is 10.2. The number of nitrogens with two attached hydrogens (primary N) is 1. The zero-order valence-electron chi connectivity index (χ0n) is 12.3. The van der Waals surface area contributed by atoms with Crippen LogP contribution in [0.2, 0.25) is 0 Å². The highest BCUT2D eigenvalue weighted by Gasteiger charge is 2.07. The van der Waals surface area contributed by atoms with Crippen LogP contribution in [0.15, 0.2) is 48.5 Å². The zero-order chi connectivity index (χ0) is 15.2. The Morgan fingerprint density at radius 3 is 2.05 bits per heavy atom. The molecule has 0 aliphatic carbocycles. The third-order valence-electron chi connectivity index (χ3n) is 3.60. The Labute approximate surface area is 125 Å². The average Bonchev–Trinajstić information content (AvgIpc) is 2.54. The normalized spacial score (nSPS) is 12.1. The van der Waals surface area contributed by atoms with Crippen LogP contribution < -0.4 is 5.73 Å². The molecular formula is C18H21NO2. The zero-order valence-corrected chi connectivity index (χ0v) is 12.3. The van der Waals surface area contributed by atoms with Crippen molar-refractivity contribution in [3.63, 3.8) is 0 Å². The molecule has 0 saturated carbocycles. The van der Waals surface area contributed by atoms with Gasteiger partial charge in [-0.3, -0.25) is 4.79 Å². The SMILES string of the molecule is CCC(=O)c1ccc(-c2ccc(C(O)CCN)cc2)cc1. The monoisotopic (exact) mass is 283 g/mol. The molecule has 1 unspecified atom stereocenters. The van der Waals surface area contributed by atoms with E-state index in [9.17, 15) is 9.90 Å². The molecule has 0 fully saturated rings. The summed E-state index contributed by atoms with van der Waals surface area (Å²) in [5.41, 5.74) is 9.20. The second-order valence-corrected chi connectivity index (χ2v) is 5.07. The Morgan fingerprint density at radius 1 is 1.05 bits per heavy atom. The van der Waals surface area contributed by atoms with E-state index in [-0.39, 0.29) is 5.78 Å². The predicted molar refractivity (Wildman–Crippen MR) is 85.1 cm³/mol. The standard InChI is InChI=1S/C18H21NO2/c1-2-17(20)15-7-3-13(4-8-15)14-5-9-16(10-6-14)18(21)11-12-19/h3-10,18,21H,2,11-12,19H2,1H3. The van der Waals surface area contributed by atoms with Gasteiger partial charge in [-0.1, -0.05) is 55.5 Å². The molecule has 3 heteroatoms. The molecule has 3 N–H and O–H groups in total. The van der Waals surface area contributed by atoms with E-state index in [1.54, 1.807) is 0 Å². The topological polar surface area (TPSA) is 63.3 Å². The smallest absolute Gasteiger partial charge is 0.162 e. The van der Waals surface area contributed by atoms with Crippen LogP contribution >= 0.6 is 0 Å². The summed E-state index contributed by atoms with van der Waals surface area (Å²) in [7, 11) is 0. The van der Waals surface area contributed by atoms with Crippen molar-refractivity contribution >= 4 is 5.78 Å². The summed E-state index contributed by atoms with van der Waals surface area (Å²) >= 11 is 0. The first-order valence-electron chi connectivity index (χ1n) is 7.27. The summed E-state index contributed by atoms with van der Waals surface area (Å²) in [5.74, 6) is 0.154. The lowest BCUT2D eigenvalue weighted by atomic mass is 9.99. The van der Waals surface area contributed by atoms with Crippen molar-refractivity contribution < 1.29 is 9.90 Å². The van der Waals surface area contributed by atoms with Gasteiger partial charge < -0.3 is 10.8 Å². The van der Waals surface area contributed by atoms with E-state index in [0.29, 0.717) is 19.4 Å². The van der Waals surface area contributed by atoms with Crippen LogP contribution in [0.1, 0.15) is 41.8 Å². The quantitative estimate of drug-likeness (QED) is 0.799. The molecule has 0 aromatic heterocycles. The minimum atomic E-state index is -0.506. The number of hydrogen-bond donors (Lipinski definition) is 2. The van der Waals surface area contributed by atoms with Gasteiger partial charge in [-0.05, 0) is 29.7 Å². The van der Waals surface area contributed by atoms with Gasteiger partial charge in [0, 0.05) is 12.0 Å². The molecule has 0 radical (unpaired) electrons. The third kappa shape index (κ3) is 3.78. The molecule has 2 aromatic rings. The van der Waals surface area contributed by atoms with Gasteiger partial charge in [-0.25, -0.2) is 0 Å². The van der Waals surface area contributed by atoms with Crippen LogP contribution in [-0.2, 0) is 0 Å². The number of aliphatic hydroxyl groups excluding tert-OH is 1. The maximum Gasteiger partial charge on any atom is 0.162 e. The summed E-state index contributed by atoms with van der Waals surface area (Å²) in [4.78, 5) is 11.6. The van der Waals surface area contributed by atoms with E-state index >= 15 is 0 Å². The summed E-state index contributed by atoms with van der Waals surface area (Å²) in [6.07, 6.45) is 0.578. The number of benzene rings is 2. The van der Waals surface area contributed by atoms with Gasteiger partial charge in [0.1, 0.15) is 0 Å². The second-order valence-electron chi connectivity index (χ2n) is 5.07. The van der Waals surface area contributed by atoms with Gasteiger partial charge in [-0.2, -0.15) is 0 Å². The van der Waals surface area contributed by atoms with Crippen LogP contribution in [0.4, 0.5) is 0 Å². The Morgan fingerprint density at radius 2 is 1.57 bits per heavy atom. The molecule has 2 aromatic carbocycles. The number of Topliss-reactive ketones (excluding diaryl/α,β-unsaturated/α-hetero) is 1. The maximum atomic E-state index is 11.6. The van der Waals surface area contributed by atoms with Gasteiger partial charge in [0.25, 0.3) is 0 Å². The van der Waals surface area contributed by atoms with Crippen molar-refractivity contribution in [2.45, 2.75) is 25.9 Å². The molecule has 3 nitrogen and oxygen atoms in total. The lowest BCUT2D eigenvalue weighted by Gasteiger charge is -2.10. The van der Waals surface area contributed by atoms with Crippen LogP contribution in [0.3, 0.4) is 0 Å². The van der Waals surface area contributed by atoms with E-state index in [0.717, 1.165) is 22.3 Å². The second kappa shape index (κ2) is 7.16. The first kappa shape index (κ1) is 15.4. The van der Waals surface area contributed by atoms with Gasteiger partial charge >= 0.3 is 0 Å². The van der Waals surface area contributed by atoms with E-state index in [1.165, 1.54) is 0 Å². The van der Waals surface area contributed by atoms with Crippen molar-refractivity contribution in [2.24, 2.45) is 5.73 Å². The van der Waals surface area contributed by atoms with Gasteiger partial charge in [0.15, 0.2) is 5.78 Å². The van der Waals surface area contributed by atoms with Crippen LogP contribution in [0.5, 0.6) is 0 Å². The Hall–Kier alpha value is -1.97. The Bertz CT molecular complexity index is 588. The van der Waals surface area contributed by atoms with Gasteiger partial charge in [-0.15, -0.1) is 0 Å². The van der Waals surface area contributed by atoms with Crippen LogP contribution in [0.25, 0.3) is 11.1 Å². The molecule has 0 aliphatic heterocycles. The highest BCUT2D eigenvalue weighted by atomic mass is 16.3. The maximum absolute atomic E-state index is 11.6. The fraction of sp³-hybridized carbons (Fsp3) is 0.278. The summed E-state index contributed by atoms with van der Waals surface area (Å²) < 4.78 is 0. The number of carbonyl (C=O) groups excluding carboxylic acids is 1. The molecular weight excluding hydrogens is 262 g/mol. The number of aliphatic hydroxyl groups is 1. The molecule has 2 rings (SSSR count).